The first-order chi connectivity index (χ1) is 13.3. The molecule has 1 aliphatic carbocycles. The Morgan fingerprint density at radius 2 is 1.93 bits per heavy atom. The Morgan fingerprint density at radius 3 is 2.57 bits per heavy atom. The summed E-state index contributed by atoms with van der Waals surface area (Å²) in [5, 5.41) is 30.9. The minimum Gasteiger partial charge on any atom is -0.477 e. The predicted molar refractivity (Wildman–Crippen MR) is 109 cm³/mol. The van der Waals surface area contributed by atoms with Crippen molar-refractivity contribution in [3.8, 4) is 0 Å². The molecule has 6 nitrogen and oxygen atoms in total. The standard InChI is InChI=1S/C22H37NO5/c1-3-4-5-6-7-8-13-19-18(14-15-20(19)23-16-24)12-10-9-11-17(2)22(27,28)21(25)26/h8-10,13,16-20,27-28H,3-7,11-12,14-15H2,1-2H3,(H,23,24)(H,25,26)/b10-9-,13-8+/t17?,18-,19+,20+/m0/s1. The van der Waals surface area contributed by atoms with Gasteiger partial charge < -0.3 is 20.6 Å². The maximum absolute atomic E-state index is 10.9. The van der Waals surface area contributed by atoms with E-state index in [0.29, 0.717) is 11.8 Å². The van der Waals surface area contributed by atoms with Crippen LogP contribution in [0.5, 0.6) is 0 Å². The van der Waals surface area contributed by atoms with Crippen LogP contribution in [0.15, 0.2) is 24.3 Å². The van der Waals surface area contributed by atoms with E-state index in [9.17, 15) is 19.8 Å². The fourth-order valence-corrected chi connectivity index (χ4v) is 3.84. The van der Waals surface area contributed by atoms with E-state index < -0.39 is 17.7 Å². The summed E-state index contributed by atoms with van der Waals surface area (Å²) in [7, 11) is 0. The number of hydrogen-bond acceptors (Lipinski definition) is 4. The lowest BCUT2D eigenvalue weighted by molar-refractivity contribution is -0.219. The van der Waals surface area contributed by atoms with Crippen molar-refractivity contribution in [3.05, 3.63) is 24.3 Å². The predicted octanol–water partition coefficient (Wildman–Crippen LogP) is 3.39. The molecule has 4 N–H and O–H groups in total. The van der Waals surface area contributed by atoms with Gasteiger partial charge in [-0.1, -0.05) is 57.4 Å². The summed E-state index contributed by atoms with van der Waals surface area (Å²) in [5.41, 5.74) is 0. The third-order valence-electron chi connectivity index (χ3n) is 5.82. The third kappa shape index (κ3) is 7.76. The SMILES string of the molecule is CCCCCC/C=C/[C@@H]1[C@@H](C/C=C\CC(C)C(O)(O)C(=O)O)CC[C@H]1NC=O. The van der Waals surface area contributed by atoms with Crippen LogP contribution in [0.2, 0.25) is 0 Å². The highest BCUT2D eigenvalue weighted by molar-refractivity contribution is 5.75. The molecule has 0 saturated heterocycles. The number of aliphatic hydroxyl groups is 2. The van der Waals surface area contributed by atoms with E-state index in [1.165, 1.54) is 32.6 Å². The Morgan fingerprint density at radius 1 is 1.18 bits per heavy atom. The van der Waals surface area contributed by atoms with Gasteiger partial charge in [0.05, 0.1) is 0 Å². The summed E-state index contributed by atoms with van der Waals surface area (Å²) in [6.45, 7) is 3.70. The number of hydrogen-bond donors (Lipinski definition) is 4. The van der Waals surface area contributed by atoms with Crippen molar-refractivity contribution < 1.29 is 24.9 Å². The summed E-state index contributed by atoms with van der Waals surface area (Å²) in [6.07, 6.45) is 18.2. The van der Waals surface area contributed by atoms with Crippen LogP contribution >= 0.6 is 0 Å². The molecule has 1 amide bonds. The second kappa shape index (κ2) is 12.7. The quantitative estimate of drug-likeness (QED) is 0.156. The average molecular weight is 396 g/mol. The Balaban J connectivity index is 2.55. The minimum absolute atomic E-state index is 0.163. The van der Waals surface area contributed by atoms with Crippen molar-refractivity contribution >= 4 is 12.4 Å². The van der Waals surface area contributed by atoms with Crippen LogP contribution in [0, 0.1) is 17.8 Å². The molecule has 0 aliphatic heterocycles. The van der Waals surface area contributed by atoms with E-state index in [-0.39, 0.29) is 12.5 Å². The molecule has 0 radical (unpaired) electrons. The van der Waals surface area contributed by atoms with Gasteiger partial charge in [-0.05, 0) is 44.4 Å². The summed E-state index contributed by atoms with van der Waals surface area (Å²) < 4.78 is 0. The zero-order valence-electron chi connectivity index (χ0n) is 17.2. The van der Waals surface area contributed by atoms with Gasteiger partial charge in [-0.3, -0.25) is 4.79 Å². The Labute approximate surface area is 168 Å². The lowest BCUT2D eigenvalue weighted by Crippen LogP contribution is -2.44. The molecule has 1 saturated carbocycles. The molecule has 6 heteroatoms. The molecule has 1 unspecified atom stereocenters. The fraction of sp³-hybridized carbons (Fsp3) is 0.727. The van der Waals surface area contributed by atoms with Crippen molar-refractivity contribution in [1.29, 1.82) is 0 Å². The first-order valence-corrected chi connectivity index (χ1v) is 10.5. The van der Waals surface area contributed by atoms with Crippen LogP contribution in [-0.2, 0) is 9.59 Å². The number of rotatable bonds is 14. The molecule has 1 aliphatic rings. The largest absolute Gasteiger partial charge is 0.477 e. The molecular weight excluding hydrogens is 358 g/mol. The lowest BCUT2D eigenvalue weighted by atomic mass is 9.89. The van der Waals surface area contributed by atoms with E-state index in [4.69, 9.17) is 5.11 Å². The molecule has 0 aromatic heterocycles. The van der Waals surface area contributed by atoms with E-state index in [2.05, 4.69) is 24.4 Å². The van der Waals surface area contributed by atoms with Gasteiger partial charge in [-0.2, -0.15) is 0 Å². The summed E-state index contributed by atoms with van der Waals surface area (Å²) in [6, 6.07) is 0.163. The molecule has 0 spiro atoms. The Hall–Kier alpha value is -1.66. The van der Waals surface area contributed by atoms with Crippen LogP contribution in [-0.4, -0.2) is 39.5 Å². The molecule has 0 heterocycles. The zero-order valence-corrected chi connectivity index (χ0v) is 17.2. The number of aliphatic carboxylic acids is 1. The molecule has 0 bridgehead atoms. The minimum atomic E-state index is -2.71. The molecule has 0 aromatic carbocycles. The van der Waals surface area contributed by atoms with Crippen molar-refractivity contribution in [2.24, 2.45) is 17.8 Å². The highest BCUT2D eigenvalue weighted by Crippen LogP contribution is 2.36. The second-order valence-corrected chi connectivity index (χ2v) is 7.96. The molecule has 28 heavy (non-hydrogen) atoms. The average Bonchev–Trinajstić information content (AvgIpc) is 3.03. The maximum Gasteiger partial charge on any atom is 0.364 e. The molecule has 4 atom stereocenters. The zero-order chi connectivity index (χ0) is 21.0. The van der Waals surface area contributed by atoms with E-state index in [0.717, 1.165) is 32.1 Å². The number of carbonyl (C=O) groups excluding carboxylic acids is 1. The van der Waals surface area contributed by atoms with Crippen molar-refractivity contribution in [3.63, 3.8) is 0 Å². The van der Waals surface area contributed by atoms with Gasteiger partial charge in [0.2, 0.25) is 6.41 Å². The maximum atomic E-state index is 10.9. The topological polar surface area (TPSA) is 107 Å². The van der Waals surface area contributed by atoms with Crippen molar-refractivity contribution in [2.75, 3.05) is 0 Å². The van der Waals surface area contributed by atoms with Gasteiger partial charge in [0.1, 0.15) is 0 Å². The highest BCUT2D eigenvalue weighted by Gasteiger charge is 2.39. The van der Waals surface area contributed by atoms with E-state index >= 15 is 0 Å². The van der Waals surface area contributed by atoms with Gasteiger partial charge in [-0.15, -0.1) is 0 Å². The first kappa shape index (κ1) is 24.4. The van der Waals surface area contributed by atoms with E-state index in [1.54, 1.807) is 0 Å². The number of amides is 1. The lowest BCUT2D eigenvalue weighted by Gasteiger charge is -2.23. The van der Waals surface area contributed by atoms with Crippen molar-refractivity contribution in [2.45, 2.75) is 83.5 Å². The number of allylic oxidation sites excluding steroid dienone is 3. The number of carboxylic acids is 1. The first-order valence-electron chi connectivity index (χ1n) is 10.5. The van der Waals surface area contributed by atoms with Gasteiger partial charge >= 0.3 is 5.97 Å². The van der Waals surface area contributed by atoms with Crippen molar-refractivity contribution in [1.82, 2.24) is 5.32 Å². The molecule has 1 fully saturated rings. The summed E-state index contributed by atoms with van der Waals surface area (Å²) in [4.78, 5) is 21.8. The molecular formula is C22H37NO5. The van der Waals surface area contributed by atoms with Gasteiger partial charge in [0.15, 0.2) is 0 Å². The van der Waals surface area contributed by atoms with Crippen LogP contribution in [0.25, 0.3) is 0 Å². The van der Waals surface area contributed by atoms with Crippen LogP contribution in [0.3, 0.4) is 0 Å². The second-order valence-electron chi connectivity index (χ2n) is 7.96. The van der Waals surface area contributed by atoms with Gasteiger partial charge in [0, 0.05) is 17.9 Å². The van der Waals surface area contributed by atoms with Crippen LogP contribution in [0.1, 0.15) is 71.6 Å². The van der Waals surface area contributed by atoms with Gasteiger partial charge in [0.25, 0.3) is 5.79 Å². The normalized spacial score (nSPS) is 24.1. The molecule has 0 aromatic rings. The Kier molecular flexibility index (Phi) is 11.1. The highest BCUT2D eigenvalue weighted by atomic mass is 16.5. The summed E-state index contributed by atoms with van der Waals surface area (Å²) in [5.74, 6) is -4.42. The number of unbranched alkanes of at least 4 members (excludes halogenated alkanes) is 4. The van der Waals surface area contributed by atoms with Gasteiger partial charge in [-0.25, -0.2) is 4.79 Å². The molecule has 1 rings (SSSR count). The summed E-state index contributed by atoms with van der Waals surface area (Å²) >= 11 is 0. The monoisotopic (exact) mass is 395 g/mol. The number of carbonyl (C=O) groups is 2. The third-order valence-corrected chi connectivity index (χ3v) is 5.82. The fourth-order valence-electron chi connectivity index (χ4n) is 3.84. The number of nitrogens with one attached hydrogen (secondary N) is 1. The van der Waals surface area contributed by atoms with Crippen LogP contribution in [0.4, 0.5) is 0 Å². The van der Waals surface area contributed by atoms with Crippen LogP contribution < -0.4 is 5.32 Å². The number of carboxylic acid groups (broad SMARTS) is 1. The Bertz CT molecular complexity index is 529. The van der Waals surface area contributed by atoms with E-state index in [1.807, 2.05) is 12.2 Å². The smallest absolute Gasteiger partial charge is 0.364 e. The molecule has 160 valence electrons.